The van der Waals surface area contributed by atoms with Gasteiger partial charge in [-0.2, -0.15) is 0 Å². The fourth-order valence-corrected chi connectivity index (χ4v) is 8.99. The maximum atomic E-state index is 2.72. The molecule has 0 N–H and O–H groups in total. The Bertz CT molecular complexity index is 1050. The molecule has 0 amide bonds. The van der Waals surface area contributed by atoms with Gasteiger partial charge in [-0.05, 0) is 65.0 Å². The lowest BCUT2D eigenvalue weighted by atomic mass is 9.70. The lowest BCUT2D eigenvalue weighted by Crippen LogP contribution is -2.25. The molecular weight excluding hydrogens is 540 g/mol. The third kappa shape index (κ3) is 11.0. The van der Waals surface area contributed by atoms with E-state index >= 15 is 0 Å². The molecule has 0 saturated heterocycles. The van der Waals surface area contributed by atoms with Crippen LogP contribution in [-0.2, 0) is 18.3 Å². The van der Waals surface area contributed by atoms with Crippen molar-refractivity contribution in [2.75, 3.05) is 0 Å². The molecule has 0 fully saturated rings. The zero-order valence-electron chi connectivity index (χ0n) is 30.3. The Hall–Kier alpha value is -1.56. The van der Waals surface area contributed by atoms with Gasteiger partial charge in [-0.3, -0.25) is 0 Å². The van der Waals surface area contributed by atoms with Gasteiger partial charge in [-0.25, -0.2) is 0 Å². The zero-order valence-corrected chi connectivity index (χ0v) is 30.3. The molecule has 2 aliphatic rings. The molecule has 2 aliphatic carbocycles. The van der Waals surface area contributed by atoms with Crippen LogP contribution in [0.2, 0.25) is 0 Å². The highest BCUT2D eigenvalue weighted by Crippen LogP contribution is 2.55. The highest BCUT2D eigenvalue weighted by molar-refractivity contribution is 5.82. The van der Waals surface area contributed by atoms with Crippen molar-refractivity contribution in [3.63, 3.8) is 0 Å². The fraction of sp³-hybridized carbons (Fsp3) is 0.733. The summed E-state index contributed by atoms with van der Waals surface area (Å²) in [7, 11) is 0. The van der Waals surface area contributed by atoms with Crippen molar-refractivity contribution in [1.82, 2.24) is 0 Å². The molecule has 0 heterocycles. The minimum atomic E-state index is 0.240. The van der Waals surface area contributed by atoms with Crippen molar-refractivity contribution in [2.45, 2.75) is 206 Å². The minimum Gasteiger partial charge on any atom is -0.0654 e. The van der Waals surface area contributed by atoms with Crippen molar-refractivity contribution in [3.8, 4) is 11.1 Å². The minimum absolute atomic E-state index is 0.240. The predicted molar refractivity (Wildman–Crippen MR) is 201 cm³/mol. The summed E-state index contributed by atoms with van der Waals surface area (Å²) in [5, 5.41) is 0. The Kier molecular flexibility index (Phi) is 16.6. The molecule has 45 heavy (non-hydrogen) atoms. The monoisotopic (exact) mass is 613 g/mol. The summed E-state index contributed by atoms with van der Waals surface area (Å²) in [4.78, 5) is 0. The van der Waals surface area contributed by atoms with E-state index in [2.05, 4.69) is 57.2 Å². The predicted octanol–water partition coefficient (Wildman–Crippen LogP) is 14.9. The number of benzene rings is 2. The molecule has 2 aromatic rings. The zero-order chi connectivity index (χ0) is 31.6. The standard InChI is InChI=1S/C45H72/c1-4-6-8-10-12-14-16-18-20-22-24-28-32-45(33-29-25-23-21-19-17-15-13-11-9-7-5-2)43-31-27-26-30-41(43)42-36-39-34-38(3)35-40(39)37-44(42)45/h26-27,30-31,36-38H,4-25,28-29,32-35H2,1-3H3. The lowest BCUT2D eigenvalue weighted by molar-refractivity contribution is 0.396. The smallest absolute Gasteiger partial charge is 0.0215 e. The quantitative estimate of drug-likeness (QED) is 0.0927. The Morgan fingerprint density at radius 1 is 0.467 bits per heavy atom. The first-order valence-electron chi connectivity index (χ1n) is 20.5. The van der Waals surface area contributed by atoms with Crippen molar-refractivity contribution < 1.29 is 0 Å². The van der Waals surface area contributed by atoms with E-state index in [4.69, 9.17) is 0 Å². The highest BCUT2D eigenvalue weighted by atomic mass is 14.5. The number of fused-ring (bicyclic) bond motifs is 4. The number of rotatable bonds is 26. The summed E-state index contributed by atoms with van der Waals surface area (Å²) in [6.07, 6.45) is 39.7. The average Bonchev–Trinajstić information content (AvgIpc) is 3.55. The number of unbranched alkanes of at least 4 members (excludes halogenated alkanes) is 22. The van der Waals surface area contributed by atoms with Crippen LogP contribution in [0, 0.1) is 5.92 Å². The van der Waals surface area contributed by atoms with E-state index in [0.717, 1.165) is 5.92 Å². The van der Waals surface area contributed by atoms with Crippen LogP contribution in [0.3, 0.4) is 0 Å². The van der Waals surface area contributed by atoms with Crippen LogP contribution in [0.5, 0.6) is 0 Å². The van der Waals surface area contributed by atoms with Gasteiger partial charge in [0.25, 0.3) is 0 Å². The van der Waals surface area contributed by atoms with Gasteiger partial charge < -0.3 is 0 Å². The second-order valence-corrected chi connectivity index (χ2v) is 15.6. The number of hydrogen-bond acceptors (Lipinski definition) is 0. The summed E-state index contributed by atoms with van der Waals surface area (Å²) in [6.45, 7) is 7.08. The van der Waals surface area contributed by atoms with Crippen LogP contribution < -0.4 is 0 Å². The van der Waals surface area contributed by atoms with Gasteiger partial charge in [0.1, 0.15) is 0 Å². The molecule has 0 nitrogen and oxygen atoms in total. The lowest BCUT2D eigenvalue weighted by Gasteiger charge is -2.33. The van der Waals surface area contributed by atoms with E-state index in [0.29, 0.717) is 0 Å². The molecule has 1 atom stereocenters. The fourth-order valence-electron chi connectivity index (χ4n) is 8.99. The van der Waals surface area contributed by atoms with E-state index in [-0.39, 0.29) is 5.41 Å². The van der Waals surface area contributed by atoms with Gasteiger partial charge in [0, 0.05) is 5.41 Å². The van der Waals surface area contributed by atoms with Crippen LogP contribution in [0.1, 0.15) is 210 Å². The van der Waals surface area contributed by atoms with Crippen LogP contribution >= 0.6 is 0 Å². The largest absolute Gasteiger partial charge is 0.0654 e. The SMILES string of the molecule is CCCCCCCCCCCCCCC1(CCCCCCCCCCCCCC)c2ccccc2-c2cc3c(cc21)CC(C)C3. The Morgan fingerprint density at radius 2 is 0.867 bits per heavy atom. The second-order valence-electron chi connectivity index (χ2n) is 15.6. The Labute approximate surface area is 281 Å². The van der Waals surface area contributed by atoms with Gasteiger partial charge in [0.15, 0.2) is 0 Å². The van der Waals surface area contributed by atoms with Gasteiger partial charge >= 0.3 is 0 Å². The summed E-state index contributed by atoms with van der Waals surface area (Å²) in [5.41, 5.74) is 10.1. The molecule has 0 radical (unpaired) electrons. The molecular formula is C45H72. The van der Waals surface area contributed by atoms with Crippen molar-refractivity contribution >= 4 is 0 Å². The van der Waals surface area contributed by atoms with E-state index < -0.39 is 0 Å². The molecule has 252 valence electrons. The first-order valence-corrected chi connectivity index (χ1v) is 20.5. The van der Waals surface area contributed by atoms with Crippen molar-refractivity contribution in [1.29, 1.82) is 0 Å². The van der Waals surface area contributed by atoms with Gasteiger partial charge in [0.2, 0.25) is 0 Å². The van der Waals surface area contributed by atoms with Crippen LogP contribution in [0.4, 0.5) is 0 Å². The summed E-state index contributed by atoms with van der Waals surface area (Å²) in [5.74, 6) is 0.805. The molecule has 0 heteroatoms. The maximum absolute atomic E-state index is 2.72. The average molecular weight is 613 g/mol. The van der Waals surface area contributed by atoms with Gasteiger partial charge in [-0.15, -0.1) is 0 Å². The van der Waals surface area contributed by atoms with Crippen molar-refractivity contribution in [3.05, 3.63) is 58.7 Å². The molecule has 0 spiro atoms. The maximum Gasteiger partial charge on any atom is 0.0215 e. The topological polar surface area (TPSA) is 0 Å². The van der Waals surface area contributed by atoms with Crippen molar-refractivity contribution in [2.24, 2.45) is 5.92 Å². The van der Waals surface area contributed by atoms with E-state index in [9.17, 15) is 0 Å². The van der Waals surface area contributed by atoms with E-state index in [1.165, 1.54) is 180 Å². The summed E-state index contributed by atoms with van der Waals surface area (Å²) < 4.78 is 0. The Morgan fingerprint density at radius 3 is 1.33 bits per heavy atom. The molecule has 0 aromatic heterocycles. The van der Waals surface area contributed by atoms with Gasteiger partial charge in [0.05, 0.1) is 0 Å². The molecule has 4 rings (SSSR count). The Balaban J connectivity index is 1.30. The normalized spacial score (nSPS) is 16.2. The summed E-state index contributed by atoms with van der Waals surface area (Å²) >= 11 is 0. The third-order valence-corrected chi connectivity index (χ3v) is 11.6. The molecule has 2 aromatic carbocycles. The van der Waals surface area contributed by atoms with Crippen LogP contribution in [0.25, 0.3) is 11.1 Å². The molecule has 0 aliphatic heterocycles. The van der Waals surface area contributed by atoms with Crippen LogP contribution in [-0.4, -0.2) is 0 Å². The van der Waals surface area contributed by atoms with E-state index in [1.54, 1.807) is 33.4 Å². The van der Waals surface area contributed by atoms with Gasteiger partial charge in [-0.1, -0.05) is 211 Å². The van der Waals surface area contributed by atoms with E-state index in [1.807, 2.05) is 0 Å². The molecule has 1 unspecified atom stereocenters. The van der Waals surface area contributed by atoms with Crippen LogP contribution in [0.15, 0.2) is 36.4 Å². The first kappa shape index (κ1) is 36.3. The first-order chi connectivity index (χ1) is 22.2. The second kappa shape index (κ2) is 20.6. The number of hydrogen-bond donors (Lipinski definition) is 0. The summed E-state index contributed by atoms with van der Waals surface area (Å²) in [6, 6.07) is 15.0. The third-order valence-electron chi connectivity index (χ3n) is 11.6. The highest BCUT2D eigenvalue weighted by Gasteiger charge is 2.43. The molecule has 0 saturated carbocycles. The molecule has 0 bridgehead atoms.